The molecule has 0 amide bonds. The first-order valence-corrected chi connectivity index (χ1v) is 6.92. The first-order valence-electron chi connectivity index (χ1n) is 6.92. The molecule has 0 unspecified atom stereocenters. The van der Waals surface area contributed by atoms with E-state index in [0.717, 1.165) is 19.1 Å². The molecule has 0 bridgehead atoms. The third-order valence-corrected chi connectivity index (χ3v) is 4.22. The third kappa shape index (κ3) is 2.06. The molecule has 0 saturated heterocycles. The second-order valence-corrected chi connectivity index (χ2v) is 5.39. The van der Waals surface area contributed by atoms with E-state index in [-0.39, 0.29) is 0 Å². The van der Waals surface area contributed by atoms with E-state index in [1.165, 1.54) is 49.0 Å². The molecule has 1 aromatic carbocycles. The van der Waals surface area contributed by atoms with Crippen molar-refractivity contribution in [1.82, 2.24) is 5.32 Å². The summed E-state index contributed by atoms with van der Waals surface area (Å²) in [5.74, 6) is 0. The molecule has 1 fully saturated rings. The van der Waals surface area contributed by atoms with Gasteiger partial charge in [-0.1, -0.05) is 31.0 Å². The lowest BCUT2D eigenvalue weighted by Crippen LogP contribution is -2.37. The normalized spacial score (nSPS) is 21.4. The van der Waals surface area contributed by atoms with Crippen molar-refractivity contribution in [3.63, 3.8) is 0 Å². The van der Waals surface area contributed by atoms with E-state index in [9.17, 15) is 0 Å². The number of nitrogens with one attached hydrogen (secondary N) is 1. The molecule has 2 aliphatic rings. The molecular weight excluding hydrogens is 208 g/mol. The van der Waals surface area contributed by atoms with Gasteiger partial charge in [0.2, 0.25) is 0 Å². The summed E-state index contributed by atoms with van der Waals surface area (Å²) in [6, 6.07) is 7.51. The fourth-order valence-corrected chi connectivity index (χ4v) is 3.39. The van der Waals surface area contributed by atoms with Gasteiger partial charge in [-0.05, 0) is 30.9 Å². The molecule has 1 aliphatic heterocycles. The molecule has 1 heterocycles. The van der Waals surface area contributed by atoms with Crippen LogP contribution in [0.1, 0.15) is 36.8 Å². The van der Waals surface area contributed by atoms with Gasteiger partial charge in [0.05, 0.1) is 0 Å². The molecule has 2 nitrogen and oxygen atoms in total. The van der Waals surface area contributed by atoms with Gasteiger partial charge in [0.15, 0.2) is 0 Å². The minimum absolute atomic E-state index is 0.787. The molecule has 0 radical (unpaired) electrons. The predicted molar refractivity (Wildman–Crippen MR) is 72.5 cm³/mol. The third-order valence-electron chi connectivity index (χ3n) is 4.22. The largest absolute Gasteiger partial charge is 0.367 e. The summed E-state index contributed by atoms with van der Waals surface area (Å²) in [7, 11) is 0. The lowest BCUT2D eigenvalue weighted by molar-refractivity contribution is 0.593. The number of benzene rings is 1. The summed E-state index contributed by atoms with van der Waals surface area (Å²) in [4.78, 5) is 2.68. The van der Waals surface area contributed by atoms with Gasteiger partial charge in [0, 0.05) is 31.4 Å². The topological polar surface area (TPSA) is 15.3 Å². The number of para-hydroxylation sites is 1. The quantitative estimate of drug-likeness (QED) is 0.798. The highest BCUT2D eigenvalue weighted by atomic mass is 15.2. The Labute approximate surface area is 104 Å². The van der Waals surface area contributed by atoms with E-state index in [1.54, 1.807) is 0 Å². The van der Waals surface area contributed by atoms with E-state index >= 15 is 0 Å². The first-order chi connectivity index (χ1) is 8.36. The van der Waals surface area contributed by atoms with Gasteiger partial charge >= 0.3 is 0 Å². The zero-order valence-corrected chi connectivity index (χ0v) is 10.7. The summed E-state index contributed by atoms with van der Waals surface area (Å²) < 4.78 is 0. The lowest BCUT2D eigenvalue weighted by atomic mass is 10.0. The molecule has 0 spiro atoms. The fourth-order valence-electron chi connectivity index (χ4n) is 3.39. The van der Waals surface area contributed by atoms with Crippen molar-refractivity contribution in [3.8, 4) is 0 Å². The molecule has 17 heavy (non-hydrogen) atoms. The Bertz CT molecular complexity index is 394. The van der Waals surface area contributed by atoms with Gasteiger partial charge in [0.25, 0.3) is 0 Å². The number of nitrogens with zero attached hydrogens (tertiary/aromatic N) is 1. The molecule has 3 rings (SSSR count). The van der Waals surface area contributed by atoms with Gasteiger partial charge in [0.1, 0.15) is 0 Å². The number of hydrogen-bond acceptors (Lipinski definition) is 2. The number of rotatable bonds is 1. The average Bonchev–Trinajstić information content (AvgIpc) is 2.76. The Hall–Kier alpha value is -1.02. The Morgan fingerprint density at radius 3 is 2.88 bits per heavy atom. The Kier molecular flexibility index (Phi) is 3.06. The van der Waals surface area contributed by atoms with Crippen LogP contribution in [0.3, 0.4) is 0 Å². The predicted octanol–water partition coefficient (Wildman–Crippen LogP) is 2.85. The van der Waals surface area contributed by atoms with Crippen molar-refractivity contribution in [2.75, 3.05) is 18.0 Å². The van der Waals surface area contributed by atoms with Gasteiger partial charge in [-0.3, -0.25) is 0 Å². The van der Waals surface area contributed by atoms with Crippen LogP contribution >= 0.6 is 0 Å². The van der Waals surface area contributed by atoms with Crippen molar-refractivity contribution >= 4 is 5.69 Å². The van der Waals surface area contributed by atoms with Crippen molar-refractivity contribution in [3.05, 3.63) is 29.3 Å². The standard InChI is InChI=1S/C15H22N2/c1-12-5-4-6-13-11-16-9-10-17(15(12)13)14-7-2-3-8-14/h4-6,14,16H,2-3,7-11H2,1H3. The van der Waals surface area contributed by atoms with Crippen LogP contribution in [0.5, 0.6) is 0 Å². The maximum atomic E-state index is 3.54. The molecule has 0 aromatic heterocycles. The number of anilines is 1. The maximum Gasteiger partial charge on any atom is 0.0444 e. The summed E-state index contributed by atoms with van der Waals surface area (Å²) >= 11 is 0. The van der Waals surface area contributed by atoms with Gasteiger partial charge in [-0.15, -0.1) is 0 Å². The Morgan fingerprint density at radius 1 is 1.24 bits per heavy atom. The van der Waals surface area contributed by atoms with E-state index in [4.69, 9.17) is 0 Å². The van der Waals surface area contributed by atoms with Crippen LogP contribution < -0.4 is 10.2 Å². The highest BCUT2D eigenvalue weighted by Crippen LogP contribution is 2.33. The Morgan fingerprint density at radius 2 is 2.06 bits per heavy atom. The first kappa shape index (κ1) is 11.1. The van der Waals surface area contributed by atoms with Crippen molar-refractivity contribution in [1.29, 1.82) is 0 Å². The Balaban J connectivity index is 1.99. The number of hydrogen-bond donors (Lipinski definition) is 1. The van der Waals surface area contributed by atoms with Gasteiger partial charge in [-0.25, -0.2) is 0 Å². The van der Waals surface area contributed by atoms with Crippen molar-refractivity contribution in [2.45, 2.75) is 45.2 Å². The van der Waals surface area contributed by atoms with Crippen LogP contribution in [0.4, 0.5) is 5.69 Å². The molecule has 0 atom stereocenters. The SMILES string of the molecule is Cc1cccc2c1N(C1CCCC1)CCNC2. The molecule has 1 N–H and O–H groups in total. The van der Waals surface area contributed by atoms with Crippen molar-refractivity contribution < 1.29 is 0 Å². The molecular formula is C15H22N2. The lowest BCUT2D eigenvalue weighted by Gasteiger charge is -2.32. The smallest absolute Gasteiger partial charge is 0.0444 e. The summed E-state index contributed by atoms with van der Waals surface area (Å²) in [6.45, 7) is 5.57. The van der Waals surface area contributed by atoms with E-state index in [0.29, 0.717) is 0 Å². The summed E-state index contributed by atoms with van der Waals surface area (Å²) in [5.41, 5.74) is 4.44. The molecule has 1 saturated carbocycles. The summed E-state index contributed by atoms with van der Waals surface area (Å²) in [6.07, 6.45) is 5.59. The van der Waals surface area contributed by atoms with Crippen LogP contribution in [0.25, 0.3) is 0 Å². The highest BCUT2D eigenvalue weighted by molar-refractivity contribution is 5.60. The van der Waals surface area contributed by atoms with E-state index < -0.39 is 0 Å². The van der Waals surface area contributed by atoms with Crippen LogP contribution in [0.2, 0.25) is 0 Å². The molecule has 1 aliphatic carbocycles. The van der Waals surface area contributed by atoms with Crippen LogP contribution in [0, 0.1) is 6.92 Å². The minimum Gasteiger partial charge on any atom is -0.367 e. The maximum absolute atomic E-state index is 3.54. The van der Waals surface area contributed by atoms with E-state index in [2.05, 4.69) is 35.3 Å². The number of fused-ring (bicyclic) bond motifs is 1. The molecule has 92 valence electrons. The average molecular weight is 230 g/mol. The van der Waals surface area contributed by atoms with Gasteiger partial charge in [-0.2, -0.15) is 0 Å². The van der Waals surface area contributed by atoms with Crippen LogP contribution in [-0.2, 0) is 6.54 Å². The monoisotopic (exact) mass is 230 g/mol. The van der Waals surface area contributed by atoms with Crippen LogP contribution in [-0.4, -0.2) is 19.1 Å². The van der Waals surface area contributed by atoms with Gasteiger partial charge < -0.3 is 10.2 Å². The zero-order valence-electron chi connectivity index (χ0n) is 10.7. The summed E-state index contributed by atoms with van der Waals surface area (Å²) in [5, 5.41) is 3.54. The minimum atomic E-state index is 0.787. The van der Waals surface area contributed by atoms with E-state index in [1.807, 2.05) is 0 Å². The molecule has 1 aromatic rings. The second-order valence-electron chi connectivity index (χ2n) is 5.39. The van der Waals surface area contributed by atoms with Crippen molar-refractivity contribution in [2.24, 2.45) is 0 Å². The number of aryl methyl sites for hydroxylation is 1. The highest BCUT2D eigenvalue weighted by Gasteiger charge is 2.26. The fraction of sp³-hybridized carbons (Fsp3) is 0.600. The zero-order chi connectivity index (χ0) is 11.7. The second kappa shape index (κ2) is 4.69. The van der Waals surface area contributed by atoms with Crippen LogP contribution in [0.15, 0.2) is 18.2 Å². The molecule has 2 heteroatoms.